The molecular formula is C15H22N2O2S. The summed E-state index contributed by atoms with van der Waals surface area (Å²) in [5, 5.41) is 12.5. The Labute approximate surface area is 124 Å². The summed E-state index contributed by atoms with van der Waals surface area (Å²) < 4.78 is 0. The van der Waals surface area contributed by atoms with E-state index in [0.29, 0.717) is 17.3 Å². The van der Waals surface area contributed by atoms with Crippen LogP contribution in [0.15, 0.2) is 12.1 Å². The molecule has 1 fully saturated rings. The van der Waals surface area contributed by atoms with E-state index in [0.717, 1.165) is 12.2 Å². The minimum Gasteiger partial charge on any atom is -0.478 e. The topological polar surface area (TPSA) is 62.2 Å². The average molecular weight is 294 g/mol. The standard InChI is InChI=1S/C15H22N2O2S/c1-10(2)13-7-12(15(18)19)8-14(17-13)16-9-11-3-5-20-6-4-11/h7-8,10-11H,3-6,9H2,1-2H3,(H,16,17)(H,18,19). The molecule has 1 aromatic rings. The van der Waals surface area contributed by atoms with Gasteiger partial charge in [0.1, 0.15) is 5.82 Å². The van der Waals surface area contributed by atoms with Crippen LogP contribution in [0.5, 0.6) is 0 Å². The molecule has 0 atom stereocenters. The summed E-state index contributed by atoms with van der Waals surface area (Å²) in [6.07, 6.45) is 2.46. The van der Waals surface area contributed by atoms with Gasteiger partial charge in [0, 0.05) is 12.2 Å². The Hall–Kier alpha value is -1.23. The Bertz CT molecular complexity index is 471. The zero-order chi connectivity index (χ0) is 14.5. The van der Waals surface area contributed by atoms with Crippen LogP contribution in [0.25, 0.3) is 0 Å². The summed E-state index contributed by atoms with van der Waals surface area (Å²) >= 11 is 2.01. The second-order valence-corrected chi connectivity index (χ2v) is 6.79. The molecule has 2 N–H and O–H groups in total. The first-order valence-electron chi connectivity index (χ1n) is 7.13. The van der Waals surface area contributed by atoms with E-state index in [1.165, 1.54) is 24.3 Å². The minimum atomic E-state index is -0.897. The highest BCUT2D eigenvalue weighted by atomic mass is 32.2. The summed E-state index contributed by atoms with van der Waals surface area (Å²) in [5.41, 5.74) is 1.14. The van der Waals surface area contributed by atoms with Crippen LogP contribution in [-0.4, -0.2) is 34.1 Å². The van der Waals surface area contributed by atoms with Crippen molar-refractivity contribution >= 4 is 23.5 Å². The maximum Gasteiger partial charge on any atom is 0.335 e. The highest BCUT2D eigenvalue weighted by Gasteiger charge is 2.15. The van der Waals surface area contributed by atoms with E-state index in [9.17, 15) is 9.90 Å². The lowest BCUT2D eigenvalue weighted by Crippen LogP contribution is -2.20. The van der Waals surface area contributed by atoms with Gasteiger partial charge in [0.2, 0.25) is 0 Å². The molecule has 110 valence electrons. The van der Waals surface area contributed by atoms with Crippen molar-refractivity contribution in [2.75, 3.05) is 23.4 Å². The van der Waals surface area contributed by atoms with Crippen LogP contribution in [0.1, 0.15) is 48.7 Å². The number of hydrogen-bond donors (Lipinski definition) is 2. The monoisotopic (exact) mass is 294 g/mol. The Balaban J connectivity index is 2.07. The number of carboxylic acids is 1. The third-order valence-electron chi connectivity index (χ3n) is 3.60. The molecular weight excluding hydrogens is 272 g/mol. The summed E-state index contributed by atoms with van der Waals surface area (Å²) in [6.45, 7) is 4.93. The number of thioether (sulfide) groups is 1. The largest absolute Gasteiger partial charge is 0.478 e. The number of anilines is 1. The van der Waals surface area contributed by atoms with Crippen molar-refractivity contribution in [2.24, 2.45) is 5.92 Å². The van der Waals surface area contributed by atoms with Gasteiger partial charge in [0.25, 0.3) is 0 Å². The number of hydrogen-bond acceptors (Lipinski definition) is 4. The highest BCUT2D eigenvalue weighted by Crippen LogP contribution is 2.23. The van der Waals surface area contributed by atoms with Crippen LogP contribution in [0.3, 0.4) is 0 Å². The van der Waals surface area contributed by atoms with Gasteiger partial charge >= 0.3 is 5.97 Å². The smallest absolute Gasteiger partial charge is 0.335 e. The number of carboxylic acid groups (broad SMARTS) is 1. The third-order valence-corrected chi connectivity index (χ3v) is 4.65. The highest BCUT2D eigenvalue weighted by molar-refractivity contribution is 7.99. The average Bonchev–Trinajstić information content (AvgIpc) is 2.45. The van der Waals surface area contributed by atoms with Gasteiger partial charge in [-0.1, -0.05) is 13.8 Å². The molecule has 2 heterocycles. The number of nitrogens with one attached hydrogen (secondary N) is 1. The second-order valence-electron chi connectivity index (χ2n) is 5.56. The number of pyridine rings is 1. The van der Waals surface area contributed by atoms with E-state index in [1.807, 2.05) is 25.6 Å². The fourth-order valence-electron chi connectivity index (χ4n) is 2.26. The lowest BCUT2D eigenvalue weighted by Gasteiger charge is -2.22. The van der Waals surface area contributed by atoms with Crippen molar-refractivity contribution in [1.29, 1.82) is 0 Å². The quantitative estimate of drug-likeness (QED) is 0.871. The van der Waals surface area contributed by atoms with E-state index in [1.54, 1.807) is 12.1 Å². The fraction of sp³-hybridized carbons (Fsp3) is 0.600. The van der Waals surface area contributed by atoms with E-state index in [-0.39, 0.29) is 5.92 Å². The molecule has 0 aromatic carbocycles. The van der Waals surface area contributed by atoms with Crippen LogP contribution >= 0.6 is 11.8 Å². The lowest BCUT2D eigenvalue weighted by atomic mass is 10.0. The number of rotatable bonds is 5. The molecule has 0 amide bonds. The van der Waals surface area contributed by atoms with E-state index < -0.39 is 5.97 Å². The Morgan fingerprint density at radius 3 is 2.75 bits per heavy atom. The third kappa shape index (κ3) is 4.13. The Kier molecular flexibility index (Phi) is 5.29. The molecule has 20 heavy (non-hydrogen) atoms. The summed E-state index contributed by atoms with van der Waals surface area (Å²) in [5.74, 6) is 3.14. The summed E-state index contributed by atoms with van der Waals surface area (Å²) in [7, 11) is 0. The minimum absolute atomic E-state index is 0.223. The molecule has 1 aliphatic heterocycles. The van der Waals surface area contributed by atoms with Crippen molar-refractivity contribution in [2.45, 2.75) is 32.6 Å². The SMILES string of the molecule is CC(C)c1cc(C(=O)O)cc(NCC2CCSCC2)n1. The maximum absolute atomic E-state index is 11.2. The van der Waals surface area contributed by atoms with Gasteiger partial charge in [-0.05, 0) is 48.3 Å². The van der Waals surface area contributed by atoms with Gasteiger partial charge in [-0.2, -0.15) is 11.8 Å². The molecule has 1 saturated heterocycles. The molecule has 0 saturated carbocycles. The fourth-order valence-corrected chi connectivity index (χ4v) is 3.47. The van der Waals surface area contributed by atoms with Gasteiger partial charge in [0.15, 0.2) is 0 Å². The zero-order valence-corrected chi connectivity index (χ0v) is 12.9. The van der Waals surface area contributed by atoms with Crippen molar-refractivity contribution in [3.63, 3.8) is 0 Å². The molecule has 1 aromatic heterocycles. The van der Waals surface area contributed by atoms with Gasteiger partial charge in [-0.15, -0.1) is 0 Å². The van der Waals surface area contributed by atoms with Crippen molar-refractivity contribution < 1.29 is 9.90 Å². The molecule has 4 nitrogen and oxygen atoms in total. The van der Waals surface area contributed by atoms with E-state index in [2.05, 4.69) is 10.3 Å². The predicted octanol–water partition coefficient (Wildman–Crippen LogP) is 3.46. The van der Waals surface area contributed by atoms with Crippen LogP contribution in [-0.2, 0) is 0 Å². The van der Waals surface area contributed by atoms with E-state index >= 15 is 0 Å². The number of carbonyl (C=O) groups is 1. The van der Waals surface area contributed by atoms with Crippen molar-refractivity contribution in [3.05, 3.63) is 23.4 Å². The van der Waals surface area contributed by atoms with Crippen LogP contribution < -0.4 is 5.32 Å². The normalized spacial score (nSPS) is 16.4. The first-order chi connectivity index (χ1) is 9.56. The number of aromatic nitrogens is 1. The van der Waals surface area contributed by atoms with Crippen LogP contribution in [0.4, 0.5) is 5.82 Å². The molecule has 0 radical (unpaired) electrons. The Morgan fingerprint density at radius 1 is 1.45 bits per heavy atom. The van der Waals surface area contributed by atoms with Gasteiger partial charge < -0.3 is 10.4 Å². The molecule has 1 aliphatic rings. The Morgan fingerprint density at radius 2 is 2.15 bits per heavy atom. The first kappa shape index (κ1) is 15.2. The molecule has 0 spiro atoms. The molecule has 2 rings (SSSR count). The van der Waals surface area contributed by atoms with Crippen molar-refractivity contribution in [1.82, 2.24) is 4.98 Å². The zero-order valence-electron chi connectivity index (χ0n) is 12.1. The van der Waals surface area contributed by atoms with Crippen LogP contribution in [0, 0.1) is 5.92 Å². The lowest BCUT2D eigenvalue weighted by molar-refractivity contribution is 0.0696. The van der Waals surface area contributed by atoms with Crippen LogP contribution in [0.2, 0.25) is 0 Å². The van der Waals surface area contributed by atoms with Gasteiger partial charge in [0.05, 0.1) is 5.56 Å². The summed E-state index contributed by atoms with van der Waals surface area (Å²) in [6, 6.07) is 3.29. The molecule has 0 bridgehead atoms. The first-order valence-corrected chi connectivity index (χ1v) is 8.28. The molecule has 0 unspecified atom stereocenters. The number of aromatic carboxylic acids is 1. The van der Waals surface area contributed by atoms with Gasteiger partial charge in [-0.3, -0.25) is 0 Å². The van der Waals surface area contributed by atoms with Crippen molar-refractivity contribution in [3.8, 4) is 0 Å². The second kappa shape index (κ2) is 6.97. The number of nitrogens with zero attached hydrogens (tertiary/aromatic N) is 1. The predicted molar refractivity (Wildman–Crippen MR) is 83.8 cm³/mol. The maximum atomic E-state index is 11.2. The van der Waals surface area contributed by atoms with Gasteiger partial charge in [-0.25, -0.2) is 9.78 Å². The summed E-state index contributed by atoms with van der Waals surface area (Å²) in [4.78, 5) is 15.7. The molecule has 0 aliphatic carbocycles. The molecule has 5 heteroatoms. The van der Waals surface area contributed by atoms with E-state index in [4.69, 9.17) is 0 Å².